The Hall–Kier alpha value is -1.35. The van der Waals surface area contributed by atoms with Crippen molar-refractivity contribution in [3.8, 4) is 0 Å². The molecule has 1 saturated carbocycles. The number of hydrogen-bond acceptors (Lipinski definition) is 2. The van der Waals surface area contributed by atoms with Crippen molar-refractivity contribution in [2.24, 2.45) is 17.3 Å². The summed E-state index contributed by atoms with van der Waals surface area (Å²) in [5.74, 6) is 1.33. The molecule has 3 rings (SSSR count). The first kappa shape index (κ1) is 14.6. The summed E-state index contributed by atoms with van der Waals surface area (Å²) in [6.45, 7) is 5.73. The first-order valence-electron chi connectivity index (χ1n) is 7.61. The molecular weight excluding hydrogens is 282 g/mol. The van der Waals surface area contributed by atoms with Gasteiger partial charge in [-0.05, 0) is 54.2 Å². The van der Waals surface area contributed by atoms with E-state index in [0.717, 1.165) is 18.0 Å². The lowest BCUT2D eigenvalue weighted by atomic mass is 9.77. The molecule has 4 heteroatoms. The monoisotopic (exact) mass is 303 g/mol. The summed E-state index contributed by atoms with van der Waals surface area (Å²) < 4.78 is 1.98. The fourth-order valence-corrected chi connectivity index (χ4v) is 3.80. The number of hydrogen-bond donors (Lipinski definition) is 0. The van der Waals surface area contributed by atoms with E-state index < -0.39 is 0 Å². The van der Waals surface area contributed by atoms with Gasteiger partial charge in [-0.15, -0.1) is 0 Å². The zero-order chi connectivity index (χ0) is 14.9. The van der Waals surface area contributed by atoms with Gasteiger partial charge in [-0.2, -0.15) is 5.10 Å². The molecule has 3 nitrogen and oxygen atoms in total. The maximum atomic E-state index is 5.98. The van der Waals surface area contributed by atoms with Crippen LogP contribution in [0.4, 0.5) is 0 Å². The smallest absolute Gasteiger partial charge is 0.137 e. The molecule has 0 N–H and O–H groups in total. The zero-order valence-corrected chi connectivity index (χ0v) is 13.4. The van der Waals surface area contributed by atoms with Crippen molar-refractivity contribution >= 4 is 11.6 Å². The van der Waals surface area contributed by atoms with E-state index in [4.69, 9.17) is 11.6 Å². The zero-order valence-electron chi connectivity index (χ0n) is 12.7. The van der Waals surface area contributed by atoms with Crippen molar-refractivity contribution in [2.45, 2.75) is 39.7 Å². The lowest BCUT2D eigenvalue weighted by molar-refractivity contribution is 0.183. The van der Waals surface area contributed by atoms with Gasteiger partial charge in [-0.1, -0.05) is 37.6 Å². The molecule has 0 saturated heterocycles. The SMILES string of the molecule is CC1(C)CCC(Cc2ccc(Cl)cc2)C1Cn1cncn1. The van der Waals surface area contributed by atoms with Gasteiger partial charge in [0.2, 0.25) is 0 Å². The molecule has 0 spiro atoms. The Morgan fingerprint density at radius 3 is 2.71 bits per heavy atom. The minimum absolute atomic E-state index is 0.364. The van der Waals surface area contributed by atoms with Gasteiger partial charge in [0.15, 0.2) is 0 Å². The Morgan fingerprint density at radius 2 is 2.05 bits per heavy atom. The summed E-state index contributed by atoms with van der Waals surface area (Å²) >= 11 is 5.98. The molecule has 1 aliphatic carbocycles. The van der Waals surface area contributed by atoms with Crippen LogP contribution in [0.1, 0.15) is 32.3 Å². The Balaban J connectivity index is 1.75. The highest BCUT2D eigenvalue weighted by Crippen LogP contribution is 2.48. The predicted molar refractivity (Wildman–Crippen MR) is 85.2 cm³/mol. The van der Waals surface area contributed by atoms with E-state index in [1.54, 1.807) is 6.33 Å². The van der Waals surface area contributed by atoms with Crippen LogP contribution in [0.5, 0.6) is 0 Å². The number of halogens is 1. The van der Waals surface area contributed by atoms with E-state index in [-0.39, 0.29) is 0 Å². The minimum Gasteiger partial charge on any atom is -0.253 e. The van der Waals surface area contributed by atoms with E-state index in [9.17, 15) is 0 Å². The van der Waals surface area contributed by atoms with Crippen LogP contribution in [0.3, 0.4) is 0 Å². The van der Waals surface area contributed by atoms with E-state index in [0.29, 0.717) is 17.3 Å². The number of nitrogens with zero attached hydrogens (tertiary/aromatic N) is 3. The van der Waals surface area contributed by atoms with E-state index in [1.165, 1.54) is 18.4 Å². The molecule has 2 aromatic rings. The van der Waals surface area contributed by atoms with Gasteiger partial charge in [0.1, 0.15) is 12.7 Å². The van der Waals surface area contributed by atoms with Gasteiger partial charge in [0.25, 0.3) is 0 Å². The first-order valence-corrected chi connectivity index (χ1v) is 7.99. The second-order valence-corrected chi connectivity index (χ2v) is 7.28. The van der Waals surface area contributed by atoms with E-state index >= 15 is 0 Å². The average molecular weight is 304 g/mol. The Kier molecular flexibility index (Phi) is 4.03. The lowest BCUT2D eigenvalue weighted by Crippen LogP contribution is -2.28. The Labute approximate surface area is 131 Å². The van der Waals surface area contributed by atoms with Crippen LogP contribution in [0.25, 0.3) is 0 Å². The highest BCUT2D eigenvalue weighted by atomic mass is 35.5. The third kappa shape index (κ3) is 3.29. The maximum absolute atomic E-state index is 5.98. The Bertz CT molecular complexity index is 575. The summed E-state index contributed by atoms with van der Waals surface area (Å²) in [6.07, 6.45) is 7.14. The van der Waals surface area contributed by atoms with Gasteiger partial charge in [-0.3, -0.25) is 4.68 Å². The molecule has 0 aliphatic heterocycles. The molecule has 1 aliphatic rings. The molecule has 0 bridgehead atoms. The van der Waals surface area contributed by atoms with Crippen LogP contribution < -0.4 is 0 Å². The van der Waals surface area contributed by atoms with Crippen LogP contribution in [-0.4, -0.2) is 14.8 Å². The molecule has 112 valence electrons. The Morgan fingerprint density at radius 1 is 1.29 bits per heavy atom. The summed E-state index contributed by atoms with van der Waals surface area (Å²) in [6, 6.07) is 8.28. The highest BCUT2D eigenvalue weighted by Gasteiger charge is 2.41. The van der Waals surface area contributed by atoms with Crippen molar-refractivity contribution < 1.29 is 0 Å². The number of benzene rings is 1. The van der Waals surface area contributed by atoms with Gasteiger partial charge in [-0.25, -0.2) is 4.98 Å². The van der Waals surface area contributed by atoms with Crippen LogP contribution in [0, 0.1) is 17.3 Å². The van der Waals surface area contributed by atoms with Crippen LogP contribution in [-0.2, 0) is 13.0 Å². The molecule has 21 heavy (non-hydrogen) atoms. The second-order valence-electron chi connectivity index (χ2n) is 6.84. The van der Waals surface area contributed by atoms with Gasteiger partial charge in [0, 0.05) is 11.6 Å². The van der Waals surface area contributed by atoms with Crippen LogP contribution in [0.2, 0.25) is 5.02 Å². The fraction of sp³-hybridized carbons (Fsp3) is 0.529. The van der Waals surface area contributed by atoms with Gasteiger partial charge < -0.3 is 0 Å². The van der Waals surface area contributed by atoms with Crippen molar-refractivity contribution in [3.63, 3.8) is 0 Å². The molecule has 0 amide bonds. The normalized spacial score (nSPS) is 24.3. The lowest BCUT2D eigenvalue weighted by Gasteiger charge is -2.30. The molecular formula is C17H22ClN3. The molecule has 0 radical (unpaired) electrons. The van der Waals surface area contributed by atoms with Crippen molar-refractivity contribution in [3.05, 3.63) is 47.5 Å². The largest absolute Gasteiger partial charge is 0.253 e. The summed E-state index contributed by atoms with van der Waals surface area (Å²) in [7, 11) is 0. The van der Waals surface area contributed by atoms with Crippen LogP contribution >= 0.6 is 11.6 Å². The van der Waals surface area contributed by atoms with Gasteiger partial charge >= 0.3 is 0 Å². The topological polar surface area (TPSA) is 30.7 Å². The van der Waals surface area contributed by atoms with Crippen molar-refractivity contribution in [1.82, 2.24) is 14.8 Å². The second kappa shape index (κ2) is 5.80. The fourth-order valence-electron chi connectivity index (χ4n) is 3.67. The van der Waals surface area contributed by atoms with E-state index in [1.807, 2.05) is 23.1 Å². The molecule has 1 aromatic heterocycles. The highest BCUT2D eigenvalue weighted by molar-refractivity contribution is 6.30. The summed E-state index contributed by atoms with van der Waals surface area (Å²) in [5, 5.41) is 5.10. The third-order valence-corrected chi connectivity index (χ3v) is 5.25. The minimum atomic E-state index is 0.364. The van der Waals surface area contributed by atoms with Crippen molar-refractivity contribution in [2.75, 3.05) is 0 Å². The number of aromatic nitrogens is 3. The summed E-state index contributed by atoms with van der Waals surface area (Å²) in [5.41, 5.74) is 1.74. The quantitative estimate of drug-likeness (QED) is 0.846. The molecule has 1 heterocycles. The molecule has 2 atom stereocenters. The maximum Gasteiger partial charge on any atom is 0.137 e. The molecule has 2 unspecified atom stereocenters. The first-order chi connectivity index (χ1) is 10.0. The molecule has 1 aromatic carbocycles. The van der Waals surface area contributed by atoms with Crippen molar-refractivity contribution in [1.29, 1.82) is 0 Å². The van der Waals surface area contributed by atoms with Gasteiger partial charge in [0.05, 0.1) is 0 Å². The predicted octanol–water partition coefficient (Wildman–Crippen LogP) is 4.23. The standard InChI is InChI=1S/C17H22ClN3/c1-17(2)8-7-14(9-13-3-5-15(18)6-4-13)16(17)10-21-12-19-11-20-21/h3-6,11-12,14,16H,7-10H2,1-2H3. The van der Waals surface area contributed by atoms with Crippen LogP contribution in [0.15, 0.2) is 36.9 Å². The van der Waals surface area contributed by atoms with E-state index in [2.05, 4.69) is 36.1 Å². The molecule has 1 fully saturated rings. The number of rotatable bonds is 4. The summed E-state index contributed by atoms with van der Waals surface area (Å²) in [4.78, 5) is 4.07. The average Bonchev–Trinajstić information content (AvgIpc) is 3.05. The third-order valence-electron chi connectivity index (χ3n) is 4.99.